The van der Waals surface area contributed by atoms with E-state index in [0.29, 0.717) is 33.9 Å². The summed E-state index contributed by atoms with van der Waals surface area (Å²) >= 11 is 0. The minimum absolute atomic E-state index is 0.351. The van der Waals surface area contributed by atoms with Crippen LogP contribution in [0.5, 0.6) is 11.5 Å². The quantitative estimate of drug-likeness (QED) is 0.390. The number of hydrogen-bond acceptors (Lipinski definition) is 6. The summed E-state index contributed by atoms with van der Waals surface area (Å²) in [6.45, 7) is 7.88. The van der Waals surface area contributed by atoms with Crippen molar-refractivity contribution in [2.75, 3.05) is 25.4 Å². The highest BCUT2D eigenvalue weighted by Gasteiger charge is 2.13. The molecule has 0 aliphatic carbocycles. The summed E-state index contributed by atoms with van der Waals surface area (Å²) in [5.41, 5.74) is 5.15. The lowest BCUT2D eigenvalue weighted by Crippen LogP contribution is -2.30. The lowest BCUT2D eigenvalue weighted by molar-refractivity contribution is 0.413. The molecule has 0 aliphatic rings. The third-order valence-electron chi connectivity index (χ3n) is 5.35. The van der Waals surface area contributed by atoms with Crippen LogP contribution in [0.1, 0.15) is 11.3 Å². The van der Waals surface area contributed by atoms with Crippen LogP contribution in [-0.2, 0) is 0 Å². The monoisotopic (exact) mass is 474 g/mol. The van der Waals surface area contributed by atoms with Crippen molar-refractivity contribution in [3.05, 3.63) is 96.1 Å². The van der Waals surface area contributed by atoms with E-state index in [9.17, 15) is 4.39 Å². The second kappa shape index (κ2) is 9.76. The first-order chi connectivity index (χ1) is 16.8. The van der Waals surface area contributed by atoms with Gasteiger partial charge < -0.3 is 25.2 Å². The Morgan fingerprint density at radius 1 is 1.03 bits per heavy atom. The average Bonchev–Trinajstić information content (AvgIpc) is 3.26. The molecule has 0 radical (unpaired) electrons. The van der Waals surface area contributed by atoms with Gasteiger partial charge in [0.15, 0.2) is 5.49 Å². The molecule has 0 spiro atoms. The van der Waals surface area contributed by atoms with Crippen molar-refractivity contribution < 1.29 is 13.9 Å². The van der Waals surface area contributed by atoms with Gasteiger partial charge in [-0.3, -0.25) is 4.68 Å². The molecule has 0 bridgehead atoms. The van der Waals surface area contributed by atoms with Gasteiger partial charge in [0.1, 0.15) is 23.1 Å². The molecule has 0 amide bonds. The number of nitrogen functional groups attached to an aromatic ring is 1. The van der Waals surface area contributed by atoms with E-state index in [0.717, 1.165) is 22.6 Å². The van der Waals surface area contributed by atoms with Gasteiger partial charge in [-0.05, 0) is 49.7 Å². The summed E-state index contributed by atoms with van der Waals surface area (Å²) < 4.78 is 28.1. The van der Waals surface area contributed by atoms with Gasteiger partial charge in [0, 0.05) is 41.3 Å². The Labute approximate surface area is 202 Å². The smallest absolute Gasteiger partial charge is 0.161 e. The SMILES string of the molecule is C=C(N=c1c(-c2ccc(F)cc2OC)cc(C)cn1N)Nc1ccc(-n2cnc(C)c2)c(OC)c1. The van der Waals surface area contributed by atoms with Crippen LogP contribution >= 0.6 is 0 Å². The Bertz CT molecular complexity index is 1470. The van der Waals surface area contributed by atoms with Gasteiger partial charge in [0.2, 0.25) is 0 Å². The van der Waals surface area contributed by atoms with Crippen LogP contribution < -0.4 is 26.1 Å². The molecule has 2 aromatic carbocycles. The molecule has 0 unspecified atom stereocenters. The van der Waals surface area contributed by atoms with Crippen molar-refractivity contribution in [2.24, 2.45) is 4.99 Å². The number of pyridine rings is 1. The fourth-order valence-corrected chi connectivity index (χ4v) is 3.80. The maximum atomic E-state index is 13.8. The molecule has 4 aromatic rings. The Kier molecular flexibility index (Phi) is 6.59. The summed E-state index contributed by atoms with van der Waals surface area (Å²) in [6.07, 6.45) is 5.40. The Balaban J connectivity index is 1.71. The highest BCUT2D eigenvalue weighted by Crippen LogP contribution is 2.30. The van der Waals surface area contributed by atoms with Gasteiger partial charge >= 0.3 is 0 Å². The van der Waals surface area contributed by atoms with E-state index in [2.05, 4.69) is 21.9 Å². The number of hydrogen-bond donors (Lipinski definition) is 2. The first kappa shape index (κ1) is 23.6. The minimum Gasteiger partial charge on any atom is -0.496 e. The molecule has 0 fully saturated rings. The van der Waals surface area contributed by atoms with Gasteiger partial charge in [-0.2, -0.15) is 0 Å². The van der Waals surface area contributed by atoms with Crippen LogP contribution in [0, 0.1) is 19.7 Å². The van der Waals surface area contributed by atoms with E-state index in [-0.39, 0.29) is 0 Å². The normalized spacial score (nSPS) is 11.4. The fourth-order valence-electron chi connectivity index (χ4n) is 3.80. The number of nitrogens with two attached hydrogens (primary N) is 1. The van der Waals surface area contributed by atoms with Crippen molar-refractivity contribution in [3.8, 4) is 28.3 Å². The summed E-state index contributed by atoms with van der Waals surface area (Å²) in [4.78, 5) is 8.91. The predicted octanol–water partition coefficient (Wildman–Crippen LogP) is 4.31. The number of aromatic nitrogens is 3. The van der Waals surface area contributed by atoms with Crippen LogP contribution in [0.25, 0.3) is 16.8 Å². The third-order valence-corrected chi connectivity index (χ3v) is 5.35. The number of benzene rings is 2. The predicted molar refractivity (Wildman–Crippen MR) is 134 cm³/mol. The molecule has 3 N–H and O–H groups in total. The van der Waals surface area contributed by atoms with Gasteiger partial charge in [-0.1, -0.05) is 6.58 Å². The maximum absolute atomic E-state index is 13.8. The topological polar surface area (TPSA) is 91.6 Å². The molecular formula is C26H27FN6O2. The maximum Gasteiger partial charge on any atom is 0.161 e. The molecule has 180 valence electrons. The Morgan fingerprint density at radius 2 is 1.80 bits per heavy atom. The molecule has 0 saturated carbocycles. The van der Waals surface area contributed by atoms with Gasteiger partial charge in [-0.25, -0.2) is 14.4 Å². The lowest BCUT2D eigenvalue weighted by Gasteiger charge is -2.14. The molecule has 2 aromatic heterocycles. The zero-order chi connectivity index (χ0) is 25.1. The first-order valence-corrected chi connectivity index (χ1v) is 10.8. The highest BCUT2D eigenvalue weighted by atomic mass is 19.1. The number of anilines is 1. The number of nitrogens with one attached hydrogen (secondary N) is 1. The molecule has 0 aliphatic heterocycles. The van der Waals surface area contributed by atoms with Crippen LogP contribution in [0.4, 0.5) is 10.1 Å². The standard InChI is InChI=1S/C26H27FN6O2/c1-16-10-22(21-8-6-19(27)11-24(21)34-4)26(33(28)13-16)31-18(3)30-20-7-9-23(25(12-20)35-5)32-14-17(2)29-15-32/h6-15,30H,3,28H2,1-2,4-5H3. The van der Waals surface area contributed by atoms with E-state index in [1.165, 1.54) is 23.9 Å². The summed E-state index contributed by atoms with van der Waals surface area (Å²) in [5.74, 6) is 7.25. The molecular weight excluding hydrogens is 447 g/mol. The first-order valence-electron chi connectivity index (χ1n) is 10.8. The number of ether oxygens (including phenoxy) is 2. The zero-order valence-electron chi connectivity index (χ0n) is 20.0. The van der Waals surface area contributed by atoms with E-state index < -0.39 is 5.82 Å². The largest absolute Gasteiger partial charge is 0.496 e. The number of rotatable bonds is 7. The number of halogens is 1. The number of aryl methyl sites for hydroxylation is 2. The average molecular weight is 475 g/mol. The molecule has 4 rings (SSSR count). The van der Waals surface area contributed by atoms with Crippen LogP contribution in [0.3, 0.4) is 0 Å². The molecule has 8 nitrogen and oxygen atoms in total. The third kappa shape index (κ3) is 5.03. The minimum atomic E-state index is -0.397. The Hall–Kier alpha value is -4.53. The van der Waals surface area contributed by atoms with Crippen molar-refractivity contribution in [3.63, 3.8) is 0 Å². The van der Waals surface area contributed by atoms with Gasteiger partial charge in [0.25, 0.3) is 0 Å². The van der Waals surface area contributed by atoms with E-state index in [4.69, 9.17) is 15.3 Å². The molecule has 0 saturated heterocycles. The summed E-state index contributed by atoms with van der Waals surface area (Å²) in [6, 6.07) is 11.9. The number of nitrogens with zero attached hydrogens (tertiary/aromatic N) is 4. The van der Waals surface area contributed by atoms with E-state index in [1.807, 2.05) is 48.9 Å². The van der Waals surface area contributed by atoms with Gasteiger partial charge in [0.05, 0.1) is 31.9 Å². The van der Waals surface area contributed by atoms with Gasteiger partial charge in [-0.15, -0.1) is 0 Å². The summed E-state index contributed by atoms with van der Waals surface area (Å²) in [7, 11) is 3.10. The van der Waals surface area contributed by atoms with Crippen molar-refractivity contribution in [1.29, 1.82) is 0 Å². The van der Waals surface area contributed by atoms with E-state index in [1.54, 1.807) is 25.7 Å². The van der Waals surface area contributed by atoms with Crippen LogP contribution in [-0.4, -0.2) is 28.4 Å². The molecule has 0 atom stereocenters. The molecule has 2 heterocycles. The highest BCUT2D eigenvalue weighted by molar-refractivity contribution is 5.70. The number of methoxy groups -OCH3 is 2. The van der Waals surface area contributed by atoms with E-state index >= 15 is 0 Å². The van der Waals surface area contributed by atoms with Crippen molar-refractivity contribution in [1.82, 2.24) is 14.2 Å². The van der Waals surface area contributed by atoms with Crippen molar-refractivity contribution >= 4 is 5.69 Å². The second-order valence-corrected chi connectivity index (χ2v) is 8.00. The lowest BCUT2D eigenvalue weighted by atomic mass is 10.0. The second-order valence-electron chi connectivity index (χ2n) is 8.00. The van der Waals surface area contributed by atoms with Crippen molar-refractivity contribution in [2.45, 2.75) is 13.8 Å². The van der Waals surface area contributed by atoms with Crippen LogP contribution in [0.2, 0.25) is 0 Å². The summed E-state index contributed by atoms with van der Waals surface area (Å²) in [5, 5.41) is 3.18. The zero-order valence-corrected chi connectivity index (χ0v) is 20.0. The molecule has 9 heteroatoms. The number of imidazole rings is 1. The fraction of sp³-hybridized carbons (Fsp3) is 0.154. The Morgan fingerprint density at radius 3 is 2.49 bits per heavy atom. The van der Waals surface area contributed by atoms with Crippen LogP contribution in [0.15, 0.2) is 78.6 Å². The molecule has 35 heavy (non-hydrogen) atoms.